The Morgan fingerprint density at radius 3 is 2.53 bits per heavy atom. The monoisotopic (exact) mass is 320 g/mol. The third-order valence-corrected chi connectivity index (χ3v) is 4.36. The van der Waals surface area contributed by atoms with Crippen LogP contribution >= 0.6 is 15.9 Å². The first-order valence-corrected chi connectivity index (χ1v) is 7.52. The van der Waals surface area contributed by atoms with Crippen LogP contribution in [0.25, 0.3) is 0 Å². The Hall–Kier alpha value is -1.15. The fourth-order valence-electron chi connectivity index (χ4n) is 2.24. The normalized spacial score (nSPS) is 12.4. The van der Waals surface area contributed by atoms with Gasteiger partial charge in [-0.05, 0) is 55.0 Å². The number of hydrogen-bond donors (Lipinski definition) is 0. The van der Waals surface area contributed by atoms with Gasteiger partial charge in [-0.15, -0.1) is 0 Å². The number of halogens is 2. The Kier molecular flexibility index (Phi) is 5.15. The molecular formula is C17H18BrF. The molecule has 0 aliphatic heterocycles. The van der Waals surface area contributed by atoms with E-state index in [1.165, 1.54) is 11.1 Å². The molecule has 0 radical (unpaired) electrons. The molecule has 0 saturated carbocycles. The smallest absolute Gasteiger partial charge is 0.123 e. The summed E-state index contributed by atoms with van der Waals surface area (Å²) in [5, 5.41) is 0. The second-order valence-electron chi connectivity index (χ2n) is 4.84. The lowest BCUT2D eigenvalue weighted by molar-refractivity contribution is 0.624. The maximum absolute atomic E-state index is 13.0. The van der Waals surface area contributed by atoms with E-state index in [1.54, 1.807) is 12.1 Å². The van der Waals surface area contributed by atoms with Crippen molar-refractivity contribution in [1.82, 2.24) is 0 Å². The molecule has 0 bridgehead atoms. The van der Waals surface area contributed by atoms with Crippen molar-refractivity contribution in [3.8, 4) is 0 Å². The summed E-state index contributed by atoms with van der Waals surface area (Å²) in [6.07, 6.45) is 3.18. The molecule has 0 N–H and O–H groups in total. The van der Waals surface area contributed by atoms with E-state index in [9.17, 15) is 4.39 Å². The molecule has 1 unspecified atom stereocenters. The van der Waals surface area contributed by atoms with E-state index in [0.717, 1.165) is 24.8 Å². The standard InChI is InChI=1S/C17H18BrF/c1-13-12-16(19)11-10-14(13)8-5-9-17(18)15-6-3-2-4-7-15/h2-4,6-7,10-12,17H,5,8-9H2,1H3. The SMILES string of the molecule is Cc1cc(F)ccc1CCCC(Br)c1ccccc1. The molecule has 0 nitrogen and oxygen atoms in total. The van der Waals surface area contributed by atoms with Crippen LogP contribution in [0.15, 0.2) is 48.5 Å². The Bertz CT molecular complexity index is 522. The van der Waals surface area contributed by atoms with Crippen LogP contribution in [0.2, 0.25) is 0 Å². The zero-order valence-electron chi connectivity index (χ0n) is 11.1. The molecular weight excluding hydrogens is 303 g/mol. The molecule has 2 aromatic rings. The van der Waals surface area contributed by atoms with Gasteiger partial charge in [-0.3, -0.25) is 0 Å². The van der Waals surface area contributed by atoms with Crippen molar-refractivity contribution < 1.29 is 4.39 Å². The number of aryl methyl sites for hydroxylation is 2. The Morgan fingerprint density at radius 1 is 1.11 bits per heavy atom. The van der Waals surface area contributed by atoms with Gasteiger partial charge >= 0.3 is 0 Å². The van der Waals surface area contributed by atoms with E-state index in [0.29, 0.717) is 4.83 Å². The number of rotatable bonds is 5. The first kappa shape index (κ1) is 14.3. The van der Waals surface area contributed by atoms with Crippen molar-refractivity contribution >= 4 is 15.9 Å². The van der Waals surface area contributed by atoms with Gasteiger partial charge in [-0.2, -0.15) is 0 Å². The summed E-state index contributed by atoms with van der Waals surface area (Å²) >= 11 is 3.73. The van der Waals surface area contributed by atoms with Crippen LogP contribution < -0.4 is 0 Å². The zero-order chi connectivity index (χ0) is 13.7. The van der Waals surface area contributed by atoms with E-state index in [1.807, 2.05) is 19.1 Å². The van der Waals surface area contributed by atoms with Gasteiger partial charge in [0.15, 0.2) is 0 Å². The average Bonchev–Trinajstić information content (AvgIpc) is 2.42. The maximum Gasteiger partial charge on any atom is 0.123 e. The highest BCUT2D eigenvalue weighted by Gasteiger charge is 2.07. The number of alkyl halides is 1. The van der Waals surface area contributed by atoms with Crippen molar-refractivity contribution in [2.45, 2.75) is 31.0 Å². The molecule has 0 amide bonds. The van der Waals surface area contributed by atoms with Crippen molar-refractivity contribution in [3.63, 3.8) is 0 Å². The molecule has 100 valence electrons. The minimum atomic E-state index is -0.149. The maximum atomic E-state index is 13.0. The molecule has 2 aromatic carbocycles. The Balaban J connectivity index is 1.86. The van der Waals surface area contributed by atoms with Gasteiger partial charge in [0.2, 0.25) is 0 Å². The second kappa shape index (κ2) is 6.85. The summed E-state index contributed by atoms with van der Waals surface area (Å²) in [4.78, 5) is 0.398. The number of benzene rings is 2. The van der Waals surface area contributed by atoms with Crippen molar-refractivity contribution in [3.05, 3.63) is 71.0 Å². The highest BCUT2D eigenvalue weighted by molar-refractivity contribution is 9.09. The predicted molar refractivity (Wildman–Crippen MR) is 82.2 cm³/mol. The van der Waals surface area contributed by atoms with Crippen LogP contribution in [0.5, 0.6) is 0 Å². The molecule has 19 heavy (non-hydrogen) atoms. The molecule has 2 heteroatoms. The predicted octanol–water partition coefficient (Wildman–Crippen LogP) is 5.59. The van der Waals surface area contributed by atoms with Gasteiger partial charge in [0.05, 0.1) is 0 Å². The summed E-state index contributed by atoms with van der Waals surface area (Å²) in [5.41, 5.74) is 3.61. The van der Waals surface area contributed by atoms with Crippen molar-refractivity contribution in [2.75, 3.05) is 0 Å². The first-order valence-electron chi connectivity index (χ1n) is 6.61. The van der Waals surface area contributed by atoms with Gasteiger partial charge in [0.25, 0.3) is 0 Å². The number of hydrogen-bond acceptors (Lipinski definition) is 0. The highest BCUT2D eigenvalue weighted by Crippen LogP contribution is 2.28. The lowest BCUT2D eigenvalue weighted by Crippen LogP contribution is -1.94. The largest absolute Gasteiger partial charge is 0.207 e. The fourth-order valence-corrected chi connectivity index (χ4v) is 2.87. The lowest BCUT2D eigenvalue weighted by atomic mass is 10.0. The fraction of sp³-hybridized carbons (Fsp3) is 0.294. The van der Waals surface area contributed by atoms with Crippen LogP contribution in [-0.4, -0.2) is 0 Å². The van der Waals surface area contributed by atoms with Gasteiger partial charge in [0, 0.05) is 4.83 Å². The van der Waals surface area contributed by atoms with Gasteiger partial charge in [-0.1, -0.05) is 52.3 Å². The summed E-state index contributed by atoms with van der Waals surface area (Å²) in [7, 11) is 0. The highest BCUT2D eigenvalue weighted by atomic mass is 79.9. The molecule has 0 saturated heterocycles. The molecule has 0 heterocycles. The van der Waals surface area contributed by atoms with E-state index in [-0.39, 0.29) is 5.82 Å². The van der Waals surface area contributed by atoms with Gasteiger partial charge < -0.3 is 0 Å². The minimum absolute atomic E-state index is 0.149. The summed E-state index contributed by atoms with van der Waals surface area (Å²) in [6, 6.07) is 15.5. The van der Waals surface area contributed by atoms with E-state index in [2.05, 4.69) is 40.2 Å². The summed E-state index contributed by atoms with van der Waals surface area (Å²) in [5.74, 6) is -0.149. The summed E-state index contributed by atoms with van der Waals surface area (Å²) < 4.78 is 13.0. The first-order chi connectivity index (χ1) is 9.16. The van der Waals surface area contributed by atoms with E-state index >= 15 is 0 Å². The molecule has 0 aliphatic carbocycles. The zero-order valence-corrected chi connectivity index (χ0v) is 12.7. The molecule has 1 atom stereocenters. The van der Waals surface area contributed by atoms with Crippen LogP contribution in [-0.2, 0) is 6.42 Å². The lowest BCUT2D eigenvalue weighted by Gasteiger charge is -2.11. The van der Waals surface area contributed by atoms with Crippen LogP contribution in [0, 0.1) is 12.7 Å². The van der Waals surface area contributed by atoms with Crippen molar-refractivity contribution in [1.29, 1.82) is 0 Å². The van der Waals surface area contributed by atoms with Crippen LogP contribution in [0.1, 0.15) is 34.4 Å². The van der Waals surface area contributed by atoms with Gasteiger partial charge in [0.1, 0.15) is 5.82 Å². The Morgan fingerprint density at radius 2 is 1.84 bits per heavy atom. The molecule has 0 fully saturated rings. The topological polar surface area (TPSA) is 0 Å². The third-order valence-electron chi connectivity index (χ3n) is 3.37. The molecule has 0 aromatic heterocycles. The van der Waals surface area contributed by atoms with Gasteiger partial charge in [-0.25, -0.2) is 4.39 Å². The quantitative estimate of drug-likeness (QED) is 0.630. The Labute approximate surface area is 122 Å². The van der Waals surface area contributed by atoms with Crippen molar-refractivity contribution in [2.24, 2.45) is 0 Å². The van der Waals surface area contributed by atoms with Crippen LogP contribution in [0.4, 0.5) is 4.39 Å². The third kappa shape index (κ3) is 4.17. The molecule has 2 rings (SSSR count). The second-order valence-corrected chi connectivity index (χ2v) is 5.95. The molecule has 0 aliphatic rings. The van der Waals surface area contributed by atoms with E-state index < -0.39 is 0 Å². The summed E-state index contributed by atoms with van der Waals surface area (Å²) in [6.45, 7) is 1.97. The minimum Gasteiger partial charge on any atom is -0.207 e. The van der Waals surface area contributed by atoms with E-state index in [4.69, 9.17) is 0 Å². The molecule has 0 spiro atoms. The van der Waals surface area contributed by atoms with Crippen LogP contribution in [0.3, 0.4) is 0 Å². The average molecular weight is 321 g/mol.